The van der Waals surface area contributed by atoms with E-state index in [4.69, 9.17) is 4.74 Å². The fourth-order valence-corrected chi connectivity index (χ4v) is 2.59. The van der Waals surface area contributed by atoms with Crippen LogP contribution in [-0.2, 0) is 4.74 Å². The van der Waals surface area contributed by atoms with E-state index < -0.39 is 5.60 Å². The standard InChI is InChI=1S/C14H19NO2/c1-11-8-12(10-15-9-11)13(16)14(17-2)6-4-3-5-7-14/h8-10H,3-7H2,1-2H3. The van der Waals surface area contributed by atoms with Gasteiger partial charge >= 0.3 is 0 Å². The molecule has 0 aliphatic heterocycles. The molecule has 1 saturated carbocycles. The lowest BCUT2D eigenvalue weighted by Gasteiger charge is -2.34. The molecule has 3 nitrogen and oxygen atoms in total. The number of hydrogen-bond donors (Lipinski definition) is 0. The Balaban J connectivity index is 2.28. The molecule has 0 radical (unpaired) electrons. The van der Waals surface area contributed by atoms with Crippen molar-refractivity contribution in [2.45, 2.75) is 44.6 Å². The second kappa shape index (κ2) is 4.96. The van der Waals surface area contributed by atoms with E-state index in [1.165, 1.54) is 6.42 Å². The first kappa shape index (κ1) is 12.2. The van der Waals surface area contributed by atoms with Crippen molar-refractivity contribution in [3.8, 4) is 0 Å². The van der Waals surface area contributed by atoms with Crippen LogP contribution in [0.4, 0.5) is 0 Å². The summed E-state index contributed by atoms with van der Waals surface area (Å²) in [7, 11) is 1.65. The maximum Gasteiger partial charge on any atom is 0.196 e. The molecule has 17 heavy (non-hydrogen) atoms. The Morgan fingerprint density at radius 2 is 2.00 bits per heavy atom. The smallest absolute Gasteiger partial charge is 0.196 e. The van der Waals surface area contributed by atoms with E-state index in [1.54, 1.807) is 19.5 Å². The minimum absolute atomic E-state index is 0.0934. The van der Waals surface area contributed by atoms with Gasteiger partial charge in [0.15, 0.2) is 5.78 Å². The zero-order valence-corrected chi connectivity index (χ0v) is 10.5. The van der Waals surface area contributed by atoms with Gasteiger partial charge in [0.25, 0.3) is 0 Å². The zero-order valence-electron chi connectivity index (χ0n) is 10.5. The molecule has 0 amide bonds. The quantitative estimate of drug-likeness (QED) is 0.753. The van der Waals surface area contributed by atoms with E-state index in [0.717, 1.165) is 31.2 Å². The Labute approximate surface area is 102 Å². The summed E-state index contributed by atoms with van der Waals surface area (Å²) in [5, 5.41) is 0. The molecular weight excluding hydrogens is 214 g/mol. The second-order valence-corrected chi connectivity index (χ2v) is 4.84. The summed E-state index contributed by atoms with van der Waals surface area (Å²) < 4.78 is 5.56. The fourth-order valence-electron chi connectivity index (χ4n) is 2.59. The summed E-state index contributed by atoms with van der Waals surface area (Å²) in [6.45, 7) is 1.95. The molecule has 0 spiro atoms. The summed E-state index contributed by atoms with van der Waals surface area (Å²) >= 11 is 0. The molecule has 0 bridgehead atoms. The highest BCUT2D eigenvalue weighted by molar-refractivity contribution is 6.02. The van der Waals surface area contributed by atoms with Gasteiger partial charge in [-0.2, -0.15) is 0 Å². The van der Waals surface area contributed by atoms with Gasteiger partial charge in [-0.25, -0.2) is 0 Å². The van der Waals surface area contributed by atoms with Crippen LogP contribution in [0.2, 0.25) is 0 Å². The highest BCUT2D eigenvalue weighted by atomic mass is 16.5. The van der Waals surface area contributed by atoms with Gasteiger partial charge < -0.3 is 4.74 Å². The number of aryl methyl sites for hydroxylation is 1. The Hall–Kier alpha value is -1.22. The van der Waals surface area contributed by atoms with Crippen LogP contribution in [0.15, 0.2) is 18.5 Å². The molecule has 0 N–H and O–H groups in total. The number of carbonyl (C=O) groups excluding carboxylic acids is 1. The van der Waals surface area contributed by atoms with Gasteiger partial charge in [0.1, 0.15) is 5.60 Å². The van der Waals surface area contributed by atoms with E-state index in [0.29, 0.717) is 5.56 Å². The van der Waals surface area contributed by atoms with Crippen molar-refractivity contribution >= 4 is 5.78 Å². The van der Waals surface area contributed by atoms with Crippen molar-refractivity contribution < 1.29 is 9.53 Å². The number of rotatable bonds is 3. The average Bonchev–Trinajstić information content (AvgIpc) is 2.38. The van der Waals surface area contributed by atoms with Gasteiger partial charge in [0, 0.05) is 25.1 Å². The molecule has 0 aromatic carbocycles. The summed E-state index contributed by atoms with van der Waals surface area (Å²) in [4.78, 5) is 16.6. The first-order valence-electron chi connectivity index (χ1n) is 6.19. The highest BCUT2D eigenvalue weighted by Crippen LogP contribution is 2.34. The Kier molecular flexibility index (Phi) is 3.57. The Morgan fingerprint density at radius 1 is 1.29 bits per heavy atom. The van der Waals surface area contributed by atoms with Crippen molar-refractivity contribution in [1.82, 2.24) is 4.98 Å². The zero-order chi connectivity index (χ0) is 12.3. The second-order valence-electron chi connectivity index (χ2n) is 4.84. The van der Waals surface area contributed by atoms with Gasteiger partial charge in [-0.15, -0.1) is 0 Å². The SMILES string of the molecule is COC1(C(=O)c2cncc(C)c2)CCCCC1. The third-order valence-electron chi connectivity index (χ3n) is 3.60. The van der Waals surface area contributed by atoms with Crippen LogP contribution < -0.4 is 0 Å². The number of Topliss-reactive ketones (excluding diaryl/α,β-unsaturated/α-hetero) is 1. The van der Waals surface area contributed by atoms with Crippen molar-refractivity contribution in [1.29, 1.82) is 0 Å². The molecule has 1 aromatic heterocycles. The molecule has 0 atom stereocenters. The van der Waals surface area contributed by atoms with Crippen LogP contribution in [-0.4, -0.2) is 23.5 Å². The summed E-state index contributed by atoms with van der Waals surface area (Å²) in [6.07, 6.45) is 8.40. The van der Waals surface area contributed by atoms with Crippen LogP contribution in [0.5, 0.6) is 0 Å². The van der Waals surface area contributed by atoms with Crippen molar-refractivity contribution in [3.63, 3.8) is 0 Å². The number of aromatic nitrogens is 1. The van der Waals surface area contributed by atoms with Crippen molar-refractivity contribution in [3.05, 3.63) is 29.6 Å². The van der Waals surface area contributed by atoms with E-state index in [2.05, 4.69) is 4.98 Å². The molecule has 3 heteroatoms. The number of ether oxygens (including phenoxy) is 1. The number of hydrogen-bond acceptors (Lipinski definition) is 3. The van der Waals surface area contributed by atoms with Crippen LogP contribution in [0.25, 0.3) is 0 Å². The topological polar surface area (TPSA) is 39.2 Å². The van der Waals surface area contributed by atoms with Crippen molar-refractivity contribution in [2.75, 3.05) is 7.11 Å². The Morgan fingerprint density at radius 3 is 2.59 bits per heavy atom. The van der Waals surface area contributed by atoms with Gasteiger partial charge in [0.2, 0.25) is 0 Å². The summed E-state index contributed by atoms with van der Waals surface area (Å²) in [5.41, 5.74) is 1.08. The van der Waals surface area contributed by atoms with Crippen LogP contribution in [0, 0.1) is 6.92 Å². The molecule has 1 aliphatic rings. The van der Waals surface area contributed by atoms with Crippen LogP contribution in [0.1, 0.15) is 48.0 Å². The first-order chi connectivity index (χ1) is 8.18. The molecule has 1 aromatic rings. The van der Waals surface area contributed by atoms with Gasteiger partial charge in [-0.1, -0.05) is 19.3 Å². The van der Waals surface area contributed by atoms with Gasteiger partial charge in [-0.3, -0.25) is 9.78 Å². The van der Waals surface area contributed by atoms with Gasteiger partial charge in [0.05, 0.1) is 0 Å². The fraction of sp³-hybridized carbons (Fsp3) is 0.571. The number of nitrogens with zero attached hydrogens (tertiary/aromatic N) is 1. The van der Waals surface area contributed by atoms with Crippen LogP contribution >= 0.6 is 0 Å². The van der Waals surface area contributed by atoms with Crippen LogP contribution in [0.3, 0.4) is 0 Å². The molecule has 0 unspecified atom stereocenters. The third kappa shape index (κ3) is 2.39. The number of ketones is 1. The highest BCUT2D eigenvalue weighted by Gasteiger charge is 2.40. The predicted molar refractivity (Wildman–Crippen MR) is 66.1 cm³/mol. The molecule has 1 fully saturated rings. The molecule has 1 aliphatic carbocycles. The van der Waals surface area contributed by atoms with E-state index in [-0.39, 0.29) is 5.78 Å². The lowest BCUT2D eigenvalue weighted by atomic mass is 9.79. The number of carbonyl (C=O) groups is 1. The largest absolute Gasteiger partial charge is 0.370 e. The van der Waals surface area contributed by atoms with E-state index in [9.17, 15) is 4.79 Å². The lowest BCUT2D eigenvalue weighted by molar-refractivity contribution is -0.0194. The molecule has 2 rings (SSSR count). The number of pyridine rings is 1. The van der Waals surface area contributed by atoms with E-state index >= 15 is 0 Å². The average molecular weight is 233 g/mol. The molecular formula is C14H19NO2. The molecule has 92 valence electrons. The maximum absolute atomic E-state index is 12.5. The minimum atomic E-state index is -0.603. The van der Waals surface area contributed by atoms with Gasteiger partial charge in [-0.05, 0) is 31.4 Å². The summed E-state index contributed by atoms with van der Waals surface area (Å²) in [5.74, 6) is 0.0934. The van der Waals surface area contributed by atoms with E-state index in [1.807, 2.05) is 13.0 Å². The summed E-state index contributed by atoms with van der Waals surface area (Å²) in [6, 6.07) is 1.89. The monoisotopic (exact) mass is 233 g/mol. The lowest BCUT2D eigenvalue weighted by Crippen LogP contribution is -2.42. The first-order valence-corrected chi connectivity index (χ1v) is 6.19. The normalized spacial score (nSPS) is 18.9. The maximum atomic E-state index is 12.5. The van der Waals surface area contributed by atoms with Crippen molar-refractivity contribution in [2.24, 2.45) is 0 Å². The minimum Gasteiger partial charge on any atom is -0.370 e. The molecule has 0 saturated heterocycles. The third-order valence-corrected chi connectivity index (χ3v) is 3.60. The predicted octanol–water partition coefficient (Wildman–Crippen LogP) is 2.92. The number of methoxy groups -OCH3 is 1. The molecule has 1 heterocycles. The Bertz CT molecular complexity index is 408.